The van der Waals surface area contributed by atoms with Crippen LogP contribution in [-0.4, -0.2) is 19.0 Å². The number of carbonyl (C=O) groups excluding carboxylic acids is 1. The lowest BCUT2D eigenvalue weighted by Crippen LogP contribution is -2.10. The van der Waals surface area contributed by atoms with Crippen LogP contribution in [0.1, 0.15) is 12.5 Å². The summed E-state index contributed by atoms with van der Waals surface area (Å²) in [5, 5.41) is 3.97. The van der Waals surface area contributed by atoms with Crippen LogP contribution in [0.2, 0.25) is 0 Å². The molecule has 1 aromatic heterocycles. The molecule has 66 valence electrons. The van der Waals surface area contributed by atoms with E-state index in [2.05, 4.69) is 0 Å². The molecule has 1 heterocycles. The molecule has 0 saturated carbocycles. The number of Topliss-reactive ketones (excluding diaryl/α,β-unsaturated/α-hetero) is 1. The Labute approximate surface area is 76.2 Å². The Kier molecular flexibility index (Phi) is 3.97. The lowest BCUT2D eigenvalue weighted by molar-refractivity contribution is -0.122. The van der Waals surface area contributed by atoms with Crippen LogP contribution in [0.5, 0.6) is 0 Å². The molecule has 0 bridgehead atoms. The molecular formula is C9H12O2S. The summed E-state index contributed by atoms with van der Waals surface area (Å²) in [5.41, 5.74) is 1.09. The van der Waals surface area contributed by atoms with Gasteiger partial charge in [-0.05, 0) is 29.3 Å². The van der Waals surface area contributed by atoms with Crippen LogP contribution in [0, 0.1) is 0 Å². The number of rotatable bonds is 5. The number of ether oxygens (including phenoxy) is 1. The summed E-state index contributed by atoms with van der Waals surface area (Å²) in [7, 11) is 0. The molecule has 0 amide bonds. The topological polar surface area (TPSA) is 26.3 Å². The van der Waals surface area contributed by atoms with E-state index < -0.39 is 0 Å². The number of carbonyl (C=O) groups is 1. The van der Waals surface area contributed by atoms with E-state index in [1.165, 1.54) is 0 Å². The molecule has 0 fully saturated rings. The van der Waals surface area contributed by atoms with Gasteiger partial charge in [0.25, 0.3) is 0 Å². The summed E-state index contributed by atoms with van der Waals surface area (Å²) in [6.07, 6.45) is 0.503. The van der Waals surface area contributed by atoms with Gasteiger partial charge in [-0.15, -0.1) is 0 Å². The fourth-order valence-electron chi connectivity index (χ4n) is 0.888. The molecule has 3 heteroatoms. The van der Waals surface area contributed by atoms with Gasteiger partial charge in [-0.2, -0.15) is 11.3 Å². The molecule has 12 heavy (non-hydrogen) atoms. The average molecular weight is 184 g/mol. The largest absolute Gasteiger partial charge is 0.374 e. The van der Waals surface area contributed by atoms with Gasteiger partial charge >= 0.3 is 0 Å². The predicted molar refractivity (Wildman–Crippen MR) is 49.5 cm³/mol. The minimum absolute atomic E-state index is 0.148. The molecule has 0 spiro atoms. The van der Waals surface area contributed by atoms with E-state index in [9.17, 15) is 4.79 Å². The van der Waals surface area contributed by atoms with Crippen LogP contribution >= 0.6 is 11.3 Å². The van der Waals surface area contributed by atoms with Crippen LogP contribution < -0.4 is 0 Å². The third kappa shape index (κ3) is 3.15. The second-order valence-corrected chi connectivity index (χ2v) is 3.26. The highest BCUT2D eigenvalue weighted by molar-refractivity contribution is 7.07. The zero-order valence-corrected chi connectivity index (χ0v) is 7.89. The highest BCUT2D eigenvalue weighted by atomic mass is 32.1. The fraction of sp³-hybridized carbons (Fsp3) is 0.444. The highest BCUT2D eigenvalue weighted by Crippen LogP contribution is 2.06. The Morgan fingerprint density at radius 1 is 1.67 bits per heavy atom. The fourth-order valence-corrected chi connectivity index (χ4v) is 1.56. The van der Waals surface area contributed by atoms with Crippen molar-refractivity contribution in [3.63, 3.8) is 0 Å². The Morgan fingerprint density at radius 2 is 2.50 bits per heavy atom. The van der Waals surface area contributed by atoms with E-state index in [4.69, 9.17) is 4.74 Å². The Balaban J connectivity index is 2.27. The highest BCUT2D eigenvalue weighted by Gasteiger charge is 2.02. The first kappa shape index (κ1) is 9.42. The normalized spacial score (nSPS) is 10.1. The molecule has 0 aromatic carbocycles. The predicted octanol–water partition coefficient (Wildman–Crippen LogP) is 1.90. The Hall–Kier alpha value is -0.670. The Morgan fingerprint density at radius 3 is 3.08 bits per heavy atom. The van der Waals surface area contributed by atoms with E-state index in [-0.39, 0.29) is 12.4 Å². The summed E-state index contributed by atoms with van der Waals surface area (Å²) in [6, 6.07) is 1.97. The lowest BCUT2D eigenvalue weighted by atomic mass is 10.2. The first-order chi connectivity index (χ1) is 5.83. The van der Waals surface area contributed by atoms with E-state index in [0.717, 1.165) is 5.56 Å². The summed E-state index contributed by atoms with van der Waals surface area (Å²) < 4.78 is 5.00. The Bertz CT molecular complexity index is 229. The third-order valence-corrected chi connectivity index (χ3v) is 2.18. The van der Waals surface area contributed by atoms with Crippen molar-refractivity contribution in [2.45, 2.75) is 13.3 Å². The van der Waals surface area contributed by atoms with Crippen LogP contribution in [0.25, 0.3) is 0 Å². The van der Waals surface area contributed by atoms with Gasteiger partial charge in [0, 0.05) is 13.0 Å². The average Bonchev–Trinajstić information content (AvgIpc) is 2.53. The quantitative estimate of drug-likeness (QED) is 0.698. The summed E-state index contributed by atoms with van der Waals surface area (Å²) in [4.78, 5) is 11.1. The summed E-state index contributed by atoms with van der Waals surface area (Å²) >= 11 is 1.61. The summed E-state index contributed by atoms with van der Waals surface area (Å²) in [5.74, 6) is 0.148. The maximum absolute atomic E-state index is 11.1. The zero-order chi connectivity index (χ0) is 8.81. The molecule has 0 aliphatic heterocycles. The molecule has 0 radical (unpaired) electrons. The first-order valence-corrected chi connectivity index (χ1v) is 4.87. The second kappa shape index (κ2) is 5.06. The smallest absolute Gasteiger partial charge is 0.162 e. The van der Waals surface area contributed by atoms with E-state index in [1.54, 1.807) is 11.3 Å². The van der Waals surface area contributed by atoms with Crippen molar-refractivity contribution >= 4 is 17.1 Å². The maximum Gasteiger partial charge on any atom is 0.162 e. The SMILES string of the molecule is CCOCC(=O)Cc1ccsc1. The molecular weight excluding hydrogens is 172 g/mol. The maximum atomic E-state index is 11.1. The molecule has 0 atom stereocenters. The van der Waals surface area contributed by atoms with Crippen LogP contribution in [0.4, 0.5) is 0 Å². The molecule has 0 aliphatic rings. The van der Waals surface area contributed by atoms with Crippen molar-refractivity contribution in [2.75, 3.05) is 13.2 Å². The minimum atomic E-state index is 0.148. The van der Waals surface area contributed by atoms with E-state index in [1.807, 2.05) is 23.8 Å². The van der Waals surface area contributed by atoms with Crippen molar-refractivity contribution < 1.29 is 9.53 Å². The lowest BCUT2D eigenvalue weighted by Gasteiger charge is -1.98. The van der Waals surface area contributed by atoms with Gasteiger partial charge in [-0.3, -0.25) is 4.79 Å². The number of hydrogen-bond acceptors (Lipinski definition) is 3. The van der Waals surface area contributed by atoms with Crippen LogP contribution in [0.3, 0.4) is 0 Å². The van der Waals surface area contributed by atoms with Gasteiger partial charge in [0.2, 0.25) is 0 Å². The van der Waals surface area contributed by atoms with Crippen LogP contribution in [0.15, 0.2) is 16.8 Å². The van der Waals surface area contributed by atoms with Crippen molar-refractivity contribution in [2.24, 2.45) is 0 Å². The molecule has 2 nitrogen and oxygen atoms in total. The standard InChI is InChI=1S/C9H12O2S/c1-2-11-6-9(10)5-8-3-4-12-7-8/h3-4,7H,2,5-6H2,1H3. The molecule has 0 saturated heterocycles. The number of hydrogen-bond donors (Lipinski definition) is 0. The van der Waals surface area contributed by atoms with Crippen molar-refractivity contribution in [3.8, 4) is 0 Å². The molecule has 0 aliphatic carbocycles. The van der Waals surface area contributed by atoms with Crippen LogP contribution in [-0.2, 0) is 16.0 Å². The van der Waals surface area contributed by atoms with Gasteiger partial charge in [0.05, 0.1) is 0 Å². The van der Waals surface area contributed by atoms with Crippen molar-refractivity contribution in [1.29, 1.82) is 0 Å². The number of thiophene rings is 1. The second-order valence-electron chi connectivity index (χ2n) is 2.48. The van der Waals surface area contributed by atoms with Crippen molar-refractivity contribution in [3.05, 3.63) is 22.4 Å². The minimum Gasteiger partial charge on any atom is -0.374 e. The van der Waals surface area contributed by atoms with Gasteiger partial charge in [-0.1, -0.05) is 0 Å². The molecule has 0 N–H and O–H groups in total. The summed E-state index contributed by atoms with van der Waals surface area (Å²) in [6.45, 7) is 2.74. The third-order valence-electron chi connectivity index (χ3n) is 1.45. The van der Waals surface area contributed by atoms with Gasteiger partial charge in [-0.25, -0.2) is 0 Å². The monoisotopic (exact) mass is 184 g/mol. The van der Waals surface area contributed by atoms with Gasteiger partial charge in [0.15, 0.2) is 5.78 Å². The molecule has 1 rings (SSSR count). The van der Waals surface area contributed by atoms with Gasteiger partial charge < -0.3 is 4.74 Å². The van der Waals surface area contributed by atoms with E-state index >= 15 is 0 Å². The molecule has 0 unspecified atom stereocenters. The van der Waals surface area contributed by atoms with E-state index in [0.29, 0.717) is 13.0 Å². The molecule has 1 aromatic rings. The number of ketones is 1. The first-order valence-electron chi connectivity index (χ1n) is 3.93. The van der Waals surface area contributed by atoms with Gasteiger partial charge in [0.1, 0.15) is 6.61 Å². The zero-order valence-electron chi connectivity index (χ0n) is 7.08. The van der Waals surface area contributed by atoms with Crippen molar-refractivity contribution in [1.82, 2.24) is 0 Å².